The summed E-state index contributed by atoms with van der Waals surface area (Å²) in [5.74, 6) is 2.38. The maximum absolute atomic E-state index is 5.74. The van der Waals surface area contributed by atoms with E-state index in [1.807, 2.05) is 11.8 Å². The summed E-state index contributed by atoms with van der Waals surface area (Å²) in [5.41, 5.74) is 9.22. The molecule has 0 aromatic heterocycles. The Labute approximate surface area is 96.9 Å². The van der Waals surface area contributed by atoms with Crippen LogP contribution in [0.4, 0.5) is 0 Å². The van der Waals surface area contributed by atoms with Crippen molar-refractivity contribution in [2.24, 2.45) is 5.73 Å². The van der Waals surface area contributed by atoms with Crippen LogP contribution in [0, 0.1) is 0 Å². The molecule has 3 N–H and O–H groups in total. The summed E-state index contributed by atoms with van der Waals surface area (Å²) in [6, 6.07) is 0.419. The molecule has 0 saturated carbocycles. The minimum atomic E-state index is 0.419. The Balaban J connectivity index is 2.13. The molecule has 0 aliphatic carbocycles. The van der Waals surface area contributed by atoms with E-state index in [-0.39, 0.29) is 0 Å². The molecule has 1 saturated heterocycles. The van der Waals surface area contributed by atoms with Crippen molar-refractivity contribution in [3.63, 3.8) is 0 Å². The molecule has 0 bridgehead atoms. The second-order valence-electron chi connectivity index (χ2n) is 3.65. The van der Waals surface area contributed by atoms with Crippen molar-refractivity contribution in [3.8, 4) is 0 Å². The van der Waals surface area contributed by atoms with Crippen LogP contribution in [0.5, 0.6) is 0 Å². The molecule has 5 heteroatoms. The van der Waals surface area contributed by atoms with Gasteiger partial charge in [0.2, 0.25) is 0 Å². The van der Waals surface area contributed by atoms with Crippen LogP contribution in [-0.2, 0) is 4.74 Å². The van der Waals surface area contributed by atoms with E-state index in [4.69, 9.17) is 10.5 Å². The van der Waals surface area contributed by atoms with Gasteiger partial charge < -0.3 is 10.5 Å². The molecule has 1 heterocycles. The standard InChI is InChI=1S/C10H23N3OS/c1-2-15-8-3-10(9-11)12-13-4-6-14-7-5-13/h10,12H,2-9,11H2,1H3. The Morgan fingerprint density at radius 2 is 2.20 bits per heavy atom. The maximum atomic E-state index is 5.74. The zero-order valence-corrected chi connectivity index (χ0v) is 10.4. The lowest BCUT2D eigenvalue weighted by molar-refractivity contribution is 0.00409. The largest absolute Gasteiger partial charge is 0.379 e. The van der Waals surface area contributed by atoms with Gasteiger partial charge in [-0.15, -0.1) is 0 Å². The molecule has 0 aromatic carbocycles. The van der Waals surface area contributed by atoms with Gasteiger partial charge in [0.15, 0.2) is 0 Å². The summed E-state index contributed by atoms with van der Waals surface area (Å²) in [6.07, 6.45) is 1.15. The summed E-state index contributed by atoms with van der Waals surface area (Å²) < 4.78 is 5.30. The highest BCUT2D eigenvalue weighted by molar-refractivity contribution is 7.99. The van der Waals surface area contributed by atoms with Crippen molar-refractivity contribution in [2.45, 2.75) is 19.4 Å². The topological polar surface area (TPSA) is 50.5 Å². The quantitative estimate of drug-likeness (QED) is 0.619. The first-order valence-electron chi connectivity index (χ1n) is 5.73. The lowest BCUT2D eigenvalue weighted by Gasteiger charge is -2.31. The Hall–Kier alpha value is 0.190. The Kier molecular flexibility index (Phi) is 7.38. The molecule has 15 heavy (non-hydrogen) atoms. The summed E-state index contributed by atoms with van der Waals surface area (Å²) in [4.78, 5) is 0. The number of hydrogen-bond acceptors (Lipinski definition) is 5. The zero-order chi connectivity index (χ0) is 10.9. The molecular weight excluding hydrogens is 210 g/mol. The lowest BCUT2D eigenvalue weighted by Crippen LogP contribution is -2.52. The molecular formula is C10H23N3OS. The highest BCUT2D eigenvalue weighted by Crippen LogP contribution is 2.04. The Bertz CT molecular complexity index is 154. The number of morpholine rings is 1. The molecule has 1 rings (SSSR count). The molecule has 1 unspecified atom stereocenters. The van der Waals surface area contributed by atoms with Crippen LogP contribution >= 0.6 is 11.8 Å². The average Bonchev–Trinajstić information content (AvgIpc) is 2.29. The molecule has 0 radical (unpaired) electrons. The average molecular weight is 233 g/mol. The van der Waals surface area contributed by atoms with Crippen molar-refractivity contribution in [3.05, 3.63) is 0 Å². The van der Waals surface area contributed by atoms with Crippen molar-refractivity contribution in [1.29, 1.82) is 0 Å². The smallest absolute Gasteiger partial charge is 0.0608 e. The van der Waals surface area contributed by atoms with E-state index in [0.717, 1.165) is 32.7 Å². The SMILES string of the molecule is CCSCCC(CN)NN1CCOCC1. The van der Waals surface area contributed by atoms with E-state index in [1.165, 1.54) is 11.5 Å². The molecule has 0 spiro atoms. The summed E-state index contributed by atoms with van der Waals surface area (Å²) in [7, 11) is 0. The molecule has 90 valence electrons. The van der Waals surface area contributed by atoms with Crippen molar-refractivity contribution >= 4 is 11.8 Å². The summed E-state index contributed by atoms with van der Waals surface area (Å²) >= 11 is 1.98. The van der Waals surface area contributed by atoms with Crippen LogP contribution in [0.3, 0.4) is 0 Å². The minimum absolute atomic E-state index is 0.419. The number of thioether (sulfide) groups is 1. The molecule has 1 aliphatic rings. The van der Waals surface area contributed by atoms with Gasteiger partial charge in [-0.05, 0) is 17.9 Å². The van der Waals surface area contributed by atoms with Gasteiger partial charge in [0, 0.05) is 25.7 Å². The van der Waals surface area contributed by atoms with Crippen LogP contribution in [-0.4, -0.2) is 55.4 Å². The fraction of sp³-hybridized carbons (Fsp3) is 1.00. The highest BCUT2D eigenvalue weighted by atomic mass is 32.2. The van der Waals surface area contributed by atoms with Gasteiger partial charge in [0.05, 0.1) is 13.2 Å². The normalized spacial score (nSPS) is 20.4. The molecule has 0 aromatic rings. The van der Waals surface area contributed by atoms with E-state index in [0.29, 0.717) is 12.6 Å². The number of rotatable bonds is 7. The molecule has 1 aliphatic heterocycles. The van der Waals surface area contributed by atoms with Gasteiger partial charge in [-0.3, -0.25) is 5.43 Å². The number of nitrogens with zero attached hydrogens (tertiary/aromatic N) is 1. The van der Waals surface area contributed by atoms with Gasteiger partial charge in [0.25, 0.3) is 0 Å². The number of nitrogens with one attached hydrogen (secondary N) is 1. The zero-order valence-electron chi connectivity index (χ0n) is 9.58. The first kappa shape index (κ1) is 13.3. The van der Waals surface area contributed by atoms with Crippen molar-refractivity contribution < 1.29 is 4.74 Å². The van der Waals surface area contributed by atoms with Crippen LogP contribution in [0.2, 0.25) is 0 Å². The third kappa shape index (κ3) is 5.73. The van der Waals surface area contributed by atoms with Crippen molar-refractivity contribution in [1.82, 2.24) is 10.4 Å². The maximum Gasteiger partial charge on any atom is 0.0608 e. The van der Waals surface area contributed by atoms with Gasteiger partial charge in [-0.2, -0.15) is 11.8 Å². The molecule has 0 amide bonds. The third-order valence-corrected chi connectivity index (χ3v) is 3.41. The van der Waals surface area contributed by atoms with Gasteiger partial charge in [-0.25, -0.2) is 5.01 Å². The van der Waals surface area contributed by atoms with Crippen molar-refractivity contribution in [2.75, 3.05) is 44.4 Å². The number of nitrogens with two attached hydrogens (primary N) is 1. The Morgan fingerprint density at radius 3 is 2.80 bits per heavy atom. The fourth-order valence-electron chi connectivity index (χ4n) is 1.56. The van der Waals surface area contributed by atoms with Crippen LogP contribution in [0.25, 0.3) is 0 Å². The highest BCUT2D eigenvalue weighted by Gasteiger charge is 2.14. The minimum Gasteiger partial charge on any atom is -0.379 e. The molecule has 1 atom stereocenters. The predicted octanol–water partition coefficient (Wildman–Crippen LogP) is 0.294. The van der Waals surface area contributed by atoms with Crippen LogP contribution in [0.1, 0.15) is 13.3 Å². The van der Waals surface area contributed by atoms with Gasteiger partial charge in [-0.1, -0.05) is 6.92 Å². The second-order valence-corrected chi connectivity index (χ2v) is 5.04. The number of ether oxygens (including phenoxy) is 1. The number of hydrogen-bond donors (Lipinski definition) is 2. The lowest BCUT2D eigenvalue weighted by atomic mass is 10.2. The molecule has 1 fully saturated rings. The van der Waals surface area contributed by atoms with Gasteiger partial charge >= 0.3 is 0 Å². The van der Waals surface area contributed by atoms with Crippen LogP contribution < -0.4 is 11.2 Å². The molecule has 4 nitrogen and oxygen atoms in total. The second kappa shape index (κ2) is 8.35. The van der Waals surface area contributed by atoms with E-state index in [2.05, 4.69) is 17.4 Å². The fourth-order valence-corrected chi connectivity index (χ4v) is 2.30. The van der Waals surface area contributed by atoms with E-state index >= 15 is 0 Å². The number of hydrazine groups is 1. The summed E-state index contributed by atoms with van der Waals surface area (Å²) in [5, 5.41) is 2.23. The van der Waals surface area contributed by atoms with E-state index < -0.39 is 0 Å². The Morgan fingerprint density at radius 1 is 1.47 bits per heavy atom. The third-order valence-electron chi connectivity index (χ3n) is 2.48. The first-order valence-corrected chi connectivity index (χ1v) is 6.89. The summed E-state index contributed by atoms with van der Waals surface area (Å²) in [6.45, 7) is 6.50. The van der Waals surface area contributed by atoms with E-state index in [9.17, 15) is 0 Å². The van der Waals surface area contributed by atoms with Crippen LogP contribution in [0.15, 0.2) is 0 Å². The van der Waals surface area contributed by atoms with Gasteiger partial charge in [0.1, 0.15) is 0 Å². The predicted molar refractivity (Wildman–Crippen MR) is 66.0 cm³/mol. The first-order chi connectivity index (χ1) is 7.36. The van der Waals surface area contributed by atoms with E-state index in [1.54, 1.807) is 0 Å². The monoisotopic (exact) mass is 233 g/mol.